The van der Waals surface area contributed by atoms with Crippen molar-refractivity contribution in [1.82, 2.24) is 15.5 Å². The minimum Gasteiger partial charge on any atom is -0.508 e. The fourth-order valence-electron chi connectivity index (χ4n) is 3.69. The van der Waals surface area contributed by atoms with E-state index >= 15 is 0 Å². The zero-order valence-electron chi connectivity index (χ0n) is 18.3. The van der Waals surface area contributed by atoms with Crippen molar-refractivity contribution < 1.29 is 24.3 Å². The van der Waals surface area contributed by atoms with E-state index in [1.165, 1.54) is 35.2 Å². The SMILES string of the molecule is O=C(NCCCNC(=O)c1ccc2c(c1)C(=O)N(Cc1ccccc1)C2=O)c1cccc(O)c1. The largest absolute Gasteiger partial charge is 0.508 e. The molecule has 0 unspecified atom stereocenters. The molecule has 34 heavy (non-hydrogen) atoms. The zero-order valence-corrected chi connectivity index (χ0v) is 18.3. The van der Waals surface area contributed by atoms with Crippen molar-refractivity contribution in [3.05, 3.63) is 101 Å². The first-order valence-corrected chi connectivity index (χ1v) is 10.8. The van der Waals surface area contributed by atoms with E-state index < -0.39 is 5.91 Å². The Morgan fingerprint density at radius 3 is 2.06 bits per heavy atom. The minimum absolute atomic E-state index is 0.0117. The number of rotatable bonds is 8. The summed E-state index contributed by atoms with van der Waals surface area (Å²) in [5.41, 5.74) is 1.97. The van der Waals surface area contributed by atoms with E-state index in [-0.39, 0.29) is 46.7 Å². The van der Waals surface area contributed by atoms with E-state index in [0.29, 0.717) is 25.1 Å². The molecule has 0 radical (unpaired) electrons. The molecule has 3 aromatic rings. The van der Waals surface area contributed by atoms with Gasteiger partial charge in [-0.15, -0.1) is 0 Å². The molecule has 0 saturated heterocycles. The van der Waals surface area contributed by atoms with Gasteiger partial charge in [0.15, 0.2) is 0 Å². The van der Waals surface area contributed by atoms with E-state index in [9.17, 15) is 24.3 Å². The first-order valence-electron chi connectivity index (χ1n) is 10.8. The lowest BCUT2D eigenvalue weighted by Gasteiger charge is -2.13. The van der Waals surface area contributed by atoms with Crippen LogP contribution in [0.3, 0.4) is 0 Å². The first kappa shape index (κ1) is 22.7. The molecule has 0 spiro atoms. The summed E-state index contributed by atoms with van der Waals surface area (Å²) < 4.78 is 0. The molecule has 0 aliphatic carbocycles. The van der Waals surface area contributed by atoms with Crippen molar-refractivity contribution in [2.45, 2.75) is 13.0 Å². The van der Waals surface area contributed by atoms with Gasteiger partial charge in [0.05, 0.1) is 17.7 Å². The molecule has 8 nitrogen and oxygen atoms in total. The lowest BCUT2D eigenvalue weighted by molar-refractivity contribution is 0.0641. The van der Waals surface area contributed by atoms with E-state index in [1.807, 2.05) is 30.3 Å². The van der Waals surface area contributed by atoms with Gasteiger partial charge in [-0.1, -0.05) is 36.4 Å². The van der Waals surface area contributed by atoms with Crippen molar-refractivity contribution in [1.29, 1.82) is 0 Å². The maximum absolute atomic E-state index is 12.8. The summed E-state index contributed by atoms with van der Waals surface area (Å²) in [6.07, 6.45) is 0.490. The number of phenolic OH excluding ortho intramolecular Hbond substituents is 1. The molecule has 0 atom stereocenters. The third-order valence-electron chi connectivity index (χ3n) is 5.45. The summed E-state index contributed by atoms with van der Waals surface area (Å²) >= 11 is 0. The monoisotopic (exact) mass is 457 g/mol. The molecule has 3 aromatic carbocycles. The second-order valence-corrected chi connectivity index (χ2v) is 7.86. The fourth-order valence-corrected chi connectivity index (χ4v) is 3.69. The van der Waals surface area contributed by atoms with Crippen LogP contribution in [0.1, 0.15) is 53.4 Å². The molecular weight excluding hydrogens is 434 g/mol. The Bertz CT molecular complexity index is 1260. The number of nitrogens with one attached hydrogen (secondary N) is 2. The van der Waals surface area contributed by atoms with Crippen LogP contribution in [-0.4, -0.2) is 46.7 Å². The molecule has 4 amide bonds. The Labute approximate surface area is 196 Å². The number of imide groups is 1. The number of carbonyl (C=O) groups is 4. The Kier molecular flexibility index (Phi) is 6.68. The van der Waals surface area contributed by atoms with Crippen LogP contribution in [-0.2, 0) is 6.54 Å². The predicted molar refractivity (Wildman–Crippen MR) is 124 cm³/mol. The van der Waals surface area contributed by atoms with Crippen LogP contribution in [0.2, 0.25) is 0 Å². The van der Waals surface area contributed by atoms with Gasteiger partial charge in [-0.25, -0.2) is 0 Å². The van der Waals surface area contributed by atoms with Crippen LogP contribution in [0.15, 0.2) is 72.8 Å². The number of amides is 4. The maximum atomic E-state index is 12.8. The molecule has 0 bridgehead atoms. The van der Waals surface area contributed by atoms with Gasteiger partial charge in [0.25, 0.3) is 23.6 Å². The molecule has 0 saturated carbocycles. The Hall–Kier alpha value is -4.46. The van der Waals surface area contributed by atoms with Gasteiger partial charge in [0.1, 0.15) is 5.75 Å². The average molecular weight is 457 g/mol. The van der Waals surface area contributed by atoms with Gasteiger partial charge >= 0.3 is 0 Å². The van der Waals surface area contributed by atoms with Gasteiger partial charge < -0.3 is 15.7 Å². The number of nitrogens with zero attached hydrogens (tertiary/aromatic N) is 1. The topological polar surface area (TPSA) is 116 Å². The lowest BCUT2D eigenvalue weighted by atomic mass is 10.1. The van der Waals surface area contributed by atoms with Gasteiger partial charge in [-0.2, -0.15) is 0 Å². The highest BCUT2D eigenvalue weighted by atomic mass is 16.3. The van der Waals surface area contributed by atoms with E-state index in [0.717, 1.165) is 5.56 Å². The van der Waals surface area contributed by atoms with Gasteiger partial charge in [0, 0.05) is 24.2 Å². The number of hydrogen-bond donors (Lipinski definition) is 3. The number of hydrogen-bond acceptors (Lipinski definition) is 5. The van der Waals surface area contributed by atoms with Gasteiger partial charge in [-0.05, 0) is 48.4 Å². The smallest absolute Gasteiger partial charge is 0.261 e. The molecule has 1 aliphatic rings. The number of phenols is 1. The van der Waals surface area contributed by atoms with Crippen LogP contribution in [0.5, 0.6) is 5.75 Å². The van der Waals surface area contributed by atoms with E-state index in [4.69, 9.17) is 0 Å². The molecule has 0 fully saturated rings. The molecule has 1 aliphatic heterocycles. The quantitative estimate of drug-likeness (QED) is 0.355. The number of carbonyl (C=O) groups excluding carboxylic acids is 4. The maximum Gasteiger partial charge on any atom is 0.261 e. The van der Waals surface area contributed by atoms with Crippen LogP contribution in [0.4, 0.5) is 0 Å². The van der Waals surface area contributed by atoms with Gasteiger partial charge in [0.2, 0.25) is 0 Å². The first-order chi connectivity index (χ1) is 16.4. The molecule has 0 aromatic heterocycles. The number of fused-ring (bicyclic) bond motifs is 1. The summed E-state index contributed by atoms with van der Waals surface area (Å²) in [4.78, 5) is 51.2. The average Bonchev–Trinajstić information content (AvgIpc) is 3.08. The van der Waals surface area contributed by atoms with Crippen LogP contribution in [0.25, 0.3) is 0 Å². The molecular formula is C26H23N3O5. The molecule has 8 heteroatoms. The summed E-state index contributed by atoms with van der Waals surface area (Å²) in [7, 11) is 0. The summed E-state index contributed by atoms with van der Waals surface area (Å²) in [5.74, 6) is -1.47. The summed E-state index contributed by atoms with van der Waals surface area (Å²) in [5, 5.41) is 14.9. The van der Waals surface area contributed by atoms with Crippen molar-refractivity contribution in [3.8, 4) is 5.75 Å². The van der Waals surface area contributed by atoms with Crippen LogP contribution in [0, 0.1) is 0 Å². The number of benzene rings is 3. The lowest BCUT2D eigenvalue weighted by Crippen LogP contribution is -2.30. The Morgan fingerprint density at radius 1 is 0.735 bits per heavy atom. The third-order valence-corrected chi connectivity index (χ3v) is 5.45. The highest BCUT2D eigenvalue weighted by Crippen LogP contribution is 2.25. The van der Waals surface area contributed by atoms with Crippen molar-refractivity contribution in [2.75, 3.05) is 13.1 Å². The Balaban J connectivity index is 1.29. The van der Waals surface area contributed by atoms with E-state index in [2.05, 4.69) is 10.6 Å². The normalized spacial score (nSPS) is 12.4. The zero-order chi connectivity index (χ0) is 24.1. The molecule has 172 valence electrons. The third kappa shape index (κ3) is 4.96. The Morgan fingerprint density at radius 2 is 1.38 bits per heavy atom. The fraction of sp³-hybridized carbons (Fsp3) is 0.154. The van der Waals surface area contributed by atoms with Crippen molar-refractivity contribution >= 4 is 23.6 Å². The standard InChI is InChI=1S/C26H23N3O5/c30-20-9-4-8-18(14-20)23(31)27-12-5-13-28-24(32)19-10-11-21-22(15-19)26(34)29(25(21)33)16-17-6-2-1-3-7-17/h1-4,6-11,14-15,30H,5,12-13,16H2,(H,27,31)(H,28,32). The second kappa shape index (κ2) is 9.99. The van der Waals surface area contributed by atoms with Crippen LogP contribution < -0.4 is 10.6 Å². The summed E-state index contributed by atoms with van der Waals surface area (Å²) in [6.45, 7) is 0.812. The van der Waals surface area contributed by atoms with Crippen molar-refractivity contribution in [3.63, 3.8) is 0 Å². The van der Waals surface area contributed by atoms with Crippen molar-refractivity contribution in [2.24, 2.45) is 0 Å². The molecule has 3 N–H and O–H groups in total. The molecule has 1 heterocycles. The van der Waals surface area contributed by atoms with E-state index in [1.54, 1.807) is 12.1 Å². The summed E-state index contributed by atoms with van der Waals surface area (Å²) in [6, 6.07) is 19.7. The highest BCUT2D eigenvalue weighted by Gasteiger charge is 2.35. The van der Waals surface area contributed by atoms with Gasteiger partial charge in [-0.3, -0.25) is 24.1 Å². The van der Waals surface area contributed by atoms with Crippen LogP contribution >= 0.6 is 0 Å². The number of aromatic hydroxyl groups is 1. The molecule has 4 rings (SSSR count). The minimum atomic E-state index is -0.423. The predicted octanol–water partition coefficient (Wildman–Crippen LogP) is 2.74. The second-order valence-electron chi connectivity index (χ2n) is 7.86. The highest BCUT2D eigenvalue weighted by molar-refractivity contribution is 6.22.